The number of phenols is 2. The number of aromatic hydroxyl groups is 2. The number of benzene rings is 2. The van der Waals surface area contributed by atoms with E-state index in [1.54, 1.807) is 12.1 Å². The zero-order valence-corrected chi connectivity index (χ0v) is 20.7. The van der Waals surface area contributed by atoms with Crippen LogP contribution in [0.2, 0.25) is 0 Å². The minimum Gasteiger partial charge on any atom is -0.508 e. The number of unbranched alkanes of at least 4 members (excludes halogenated alkanes) is 8. The number of phenolic OH excluding ortho intramolecular Hbond substituents is 2. The number of hydrogen-bond acceptors (Lipinski definition) is 7. The first-order valence-electron chi connectivity index (χ1n) is 12.6. The molecule has 0 spiro atoms. The van der Waals surface area contributed by atoms with E-state index in [4.69, 9.17) is 14.2 Å². The zero-order chi connectivity index (χ0) is 25.2. The van der Waals surface area contributed by atoms with E-state index in [1.807, 2.05) is 0 Å². The van der Waals surface area contributed by atoms with Crippen molar-refractivity contribution in [2.75, 3.05) is 7.11 Å². The number of methoxy groups -OCH3 is 1. The molecule has 0 aromatic heterocycles. The molecule has 0 unspecified atom stereocenters. The molecule has 35 heavy (non-hydrogen) atoms. The molecule has 3 rings (SSSR count). The average molecular weight is 485 g/mol. The Morgan fingerprint density at radius 3 is 2.31 bits per heavy atom. The van der Waals surface area contributed by atoms with Crippen LogP contribution in [0.3, 0.4) is 0 Å². The van der Waals surface area contributed by atoms with E-state index in [9.17, 15) is 19.8 Å². The highest BCUT2D eigenvalue weighted by molar-refractivity contribution is 6.03. The fraction of sp³-hybridized carbons (Fsp3) is 0.500. The van der Waals surface area contributed by atoms with Crippen LogP contribution in [0.1, 0.15) is 99.6 Å². The predicted octanol–water partition coefficient (Wildman–Crippen LogP) is 6.64. The number of ketones is 1. The maximum atomic E-state index is 13.0. The largest absolute Gasteiger partial charge is 0.508 e. The van der Waals surface area contributed by atoms with Gasteiger partial charge in [-0.15, -0.1) is 0 Å². The van der Waals surface area contributed by atoms with E-state index in [2.05, 4.69) is 6.92 Å². The summed E-state index contributed by atoms with van der Waals surface area (Å²) >= 11 is 0. The topological polar surface area (TPSA) is 102 Å². The van der Waals surface area contributed by atoms with Crippen LogP contribution in [0.4, 0.5) is 0 Å². The second-order valence-electron chi connectivity index (χ2n) is 9.03. The van der Waals surface area contributed by atoms with Crippen molar-refractivity contribution in [2.45, 2.75) is 83.7 Å². The molecule has 2 N–H and O–H groups in total. The first-order valence-corrected chi connectivity index (χ1v) is 12.6. The fourth-order valence-electron chi connectivity index (χ4n) is 4.34. The van der Waals surface area contributed by atoms with Crippen LogP contribution < -0.4 is 14.2 Å². The lowest BCUT2D eigenvalue weighted by Gasteiger charge is -2.27. The number of fused-ring (bicyclic) bond motifs is 1. The van der Waals surface area contributed by atoms with Crippen LogP contribution >= 0.6 is 0 Å². The first-order chi connectivity index (χ1) is 16.9. The molecule has 1 aliphatic heterocycles. The standard InChI is InChI=1S/C28H36O7/c1-3-4-5-6-7-8-9-10-11-12-27(32)35-26-17-20(29)16-25-28(26)22(31)18-24(34-25)19-13-14-23(33-2)21(30)15-19/h13-17,24,29-30H,3-12,18H2,1-2H3/t24-/m0/s1. The molecule has 0 saturated heterocycles. The summed E-state index contributed by atoms with van der Waals surface area (Å²) in [7, 11) is 1.45. The molecule has 0 amide bonds. The van der Waals surface area contributed by atoms with Crippen molar-refractivity contribution >= 4 is 11.8 Å². The number of carbonyl (C=O) groups excluding carboxylic acids is 2. The second kappa shape index (κ2) is 13.0. The van der Waals surface area contributed by atoms with Crippen molar-refractivity contribution in [3.63, 3.8) is 0 Å². The van der Waals surface area contributed by atoms with Gasteiger partial charge in [-0.1, -0.05) is 64.4 Å². The van der Waals surface area contributed by atoms with Gasteiger partial charge in [-0.3, -0.25) is 9.59 Å². The van der Waals surface area contributed by atoms with E-state index >= 15 is 0 Å². The van der Waals surface area contributed by atoms with Crippen molar-refractivity contribution in [1.82, 2.24) is 0 Å². The molecule has 0 fully saturated rings. The molecule has 1 aliphatic rings. The van der Waals surface area contributed by atoms with Crippen LogP contribution in [-0.4, -0.2) is 29.1 Å². The Hall–Kier alpha value is -3.22. The lowest BCUT2D eigenvalue weighted by Crippen LogP contribution is -2.22. The molecule has 190 valence electrons. The summed E-state index contributed by atoms with van der Waals surface area (Å²) in [5.74, 6) is -0.452. The number of Topliss-reactive ketones (excluding diaryl/α,β-unsaturated/α-hetero) is 1. The Morgan fingerprint density at radius 2 is 1.66 bits per heavy atom. The molecule has 2 aromatic rings. The van der Waals surface area contributed by atoms with Crippen LogP contribution in [0.5, 0.6) is 28.7 Å². The fourth-order valence-corrected chi connectivity index (χ4v) is 4.34. The lowest BCUT2D eigenvalue weighted by molar-refractivity contribution is -0.134. The van der Waals surface area contributed by atoms with Crippen LogP contribution in [0.15, 0.2) is 30.3 Å². The quantitative estimate of drug-likeness (QED) is 0.187. The van der Waals surface area contributed by atoms with Crippen LogP contribution in [0.25, 0.3) is 0 Å². The number of ether oxygens (including phenoxy) is 3. The molecular formula is C28H36O7. The summed E-state index contributed by atoms with van der Waals surface area (Å²) in [6, 6.07) is 7.39. The van der Waals surface area contributed by atoms with Gasteiger partial charge in [-0.05, 0) is 24.1 Å². The van der Waals surface area contributed by atoms with Gasteiger partial charge in [0.25, 0.3) is 0 Å². The number of carbonyl (C=O) groups is 2. The maximum Gasteiger partial charge on any atom is 0.311 e. The third kappa shape index (κ3) is 7.38. The minimum atomic E-state index is -0.654. The molecule has 0 aliphatic carbocycles. The highest BCUT2D eigenvalue weighted by Crippen LogP contribution is 2.43. The minimum absolute atomic E-state index is 0.00630. The normalized spacial score (nSPS) is 14.8. The van der Waals surface area contributed by atoms with Crippen molar-refractivity contribution in [3.8, 4) is 28.7 Å². The Balaban J connectivity index is 1.57. The SMILES string of the molecule is CCCCCCCCCCCC(=O)Oc1cc(O)cc2c1C(=O)C[C@@H](c1ccc(OC)c(O)c1)O2. The van der Waals surface area contributed by atoms with Gasteiger partial charge in [0.2, 0.25) is 0 Å². The number of rotatable bonds is 13. The summed E-state index contributed by atoms with van der Waals surface area (Å²) < 4.78 is 16.5. The maximum absolute atomic E-state index is 13.0. The molecule has 1 heterocycles. The van der Waals surface area contributed by atoms with E-state index in [0.29, 0.717) is 11.3 Å². The van der Waals surface area contributed by atoms with Crippen LogP contribution in [0, 0.1) is 0 Å². The van der Waals surface area contributed by atoms with Crippen molar-refractivity contribution in [1.29, 1.82) is 0 Å². The molecule has 0 saturated carbocycles. The molecule has 2 aromatic carbocycles. The molecular weight excluding hydrogens is 448 g/mol. The Labute approximate surface area is 207 Å². The third-order valence-corrected chi connectivity index (χ3v) is 6.25. The van der Waals surface area contributed by atoms with E-state index in [1.165, 1.54) is 63.8 Å². The summed E-state index contributed by atoms with van der Waals surface area (Å²) in [5.41, 5.74) is 0.742. The second-order valence-corrected chi connectivity index (χ2v) is 9.03. The summed E-state index contributed by atoms with van der Waals surface area (Å²) in [4.78, 5) is 25.4. The number of esters is 1. The first kappa shape index (κ1) is 26.4. The van der Waals surface area contributed by atoms with Gasteiger partial charge in [0.05, 0.1) is 13.5 Å². The monoisotopic (exact) mass is 484 g/mol. The smallest absolute Gasteiger partial charge is 0.311 e. The van der Waals surface area contributed by atoms with Gasteiger partial charge in [-0.25, -0.2) is 0 Å². The number of hydrogen-bond donors (Lipinski definition) is 2. The van der Waals surface area contributed by atoms with E-state index < -0.39 is 12.1 Å². The Bertz CT molecular complexity index is 1010. The van der Waals surface area contributed by atoms with Crippen molar-refractivity contribution < 1.29 is 34.0 Å². The molecule has 7 nitrogen and oxygen atoms in total. The molecule has 7 heteroatoms. The van der Waals surface area contributed by atoms with Crippen LogP contribution in [-0.2, 0) is 4.79 Å². The van der Waals surface area contributed by atoms with Gasteiger partial charge in [0.1, 0.15) is 28.9 Å². The average Bonchev–Trinajstić information content (AvgIpc) is 2.82. The highest BCUT2D eigenvalue weighted by Gasteiger charge is 2.32. The van der Waals surface area contributed by atoms with Gasteiger partial charge < -0.3 is 24.4 Å². The van der Waals surface area contributed by atoms with E-state index in [-0.39, 0.29) is 47.2 Å². The molecule has 0 bridgehead atoms. The van der Waals surface area contributed by atoms with E-state index in [0.717, 1.165) is 19.3 Å². The molecule has 1 atom stereocenters. The lowest BCUT2D eigenvalue weighted by atomic mass is 9.95. The van der Waals surface area contributed by atoms with Crippen molar-refractivity contribution in [2.24, 2.45) is 0 Å². The van der Waals surface area contributed by atoms with Gasteiger partial charge >= 0.3 is 5.97 Å². The van der Waals surface area contributed by atoms with Crippen molar-refractivity contribution in [3.05, 3.63) is 41.5 Å². The summed E-state index contributed by atoms with van der Waals surface area (Å²) in [6.07, 6.45) is 9.90. The van der Waals surface area contributed by atoms with Gasteiger partial charge in [-0.2, -0.15) is 0 Å². The van der Waals surface area contributed by atoms with Gasteiger partial charge in [0.15, 0.2) is 17.3 Å². The molecule has 0 radical (unpaired) electrons. The zero-order valence-electron chi connectivity index (χ0n) is 20.7. The summed E-state index contributed by atoms with van der Waals surface area (Å²) in [6.45, 7) is 2.21. The Morgan fingerprint density at radius 1 is 0.971 bits per heavy atom. The third-order valence-electron chi connectivity index (χ3n) is 6.25. The summed E-state index contributed by atoms with van der Waals surface area (Å²) in [5, 5.41) is 20.2. The van der Waals surface area contributed by atoms with Gasteiger partial charge in [0, 0.05) is 18.6 Å². The highest BCUT2D eigenvalue weighted by atomic mass is 16.5. The Kier molecular flexibility index (Phi) is 9.82. The predicted molar refractivity (Wildman–Crippen MR) is 133 cm³/mol.